The van der Waals surface area contributed by atoms with Crippen molar-refractivity contribution in [1.29, 1.82) is 0 Å². The molecule has 0 radical (unpaired) electrons. The quantitative estimate of drug-likeness (QED) is 0.914. The van der Waals surface area contributed by atoms with Gasteiger partial charge >= 0.3 is 0 Å². The summed E-state index contributed by atoms with van der Waals surface area (Å²) in [5.74, 6) is 0.654. The van der Waals surface area contributed by atoms with Crippen molar-refractivity contribution in [2.24, 2.45) is 0 Å². The third-order valence-electron chi connectivity index (χ3n) is 4.31. The topological polar surface area (TPSA) is 58.2 Å². The van der Waals surface area contributed by atoms with Gasteiger partial charge in [-0.05, 0) is 24.1 Å². The molecular weight excluding hydrogens is 309 g/mol. The molecule has 5 nitrogen and oxygen atoms in total. The van der Waals surface area contributed by atoms with Crippen LogP contribution < -0.4 is 10.3 Å². The Hall–Kier alpha value is -2.21. The van der Waals surface area contributed by atoms with Gasteiger partial charge in [0.2, 0.25) is 0 Å². The van der Waals surface area contributed by atoms with Crippen LogP contribution in [-0.2, 0) is 25.9 Å². The van der Waals surface area contributed by atoms with Crippen molar-refractivity contribution in [2.75, 3.05) is 13.7 Å². The van der Waals surface area contributed by atoms with Crippen molar-refractivity contribution in [3.05, 3.63) is 57.0 Å². The van der Waals surface area contributed by atoms with Crippen LogP contribution in [0.4, 0.5) is 4.39 Å². The third kappa shape index (κ3) is 3.48. The van der Waals surface area contributed by atoms with Crippen LogP contribution in [0.1, 0.15) is 36.0 Å². The van der Waals surface area contributed by atoms with Crippen LogP contribution in [0.15, 0.2) is 23.0 Å². The second kappa shape index (κ2) is 7.13. The number of aromatic nitrogens is 2. The number of aryl methyl sites for hydroxylation is 1. The lowest BCUT2D eigenvalue weighted by Crippen LogP contribution is -2.35. The molecule has 1 N–H and O–H groups in total. The molecule has 0 bridgehead atoms. The summed E-state index contributed by atoms with van der Waals surface area (Å²) >= 11 is 0. The fourth-order valence-corrected chi connectivity index (χ4v) is 3.08. The number of aromatic amines is 1. The largest absolute Gasteiger partial charge is 0.494 e. The van der Waals surface area contributed by atoms with Gasteiger partial charge in [0.1, 0.15) is 5.82 Å². The first-order valence-electron chi connectivity index (χ1n) is 8.26. The van der Waals surface area contributed by atoms with Gasteiger partial charge in [-0.2, -0.15) is 0 Å². The molecule has 0 saturated carbocycles. The first-order valence-corrected chi connectivity index (χ1v) is 8.26. The van der Waals surface area contributed by atoms with Crippen LogP contribution in [0.5, 0.6) is 5.75 Å². The molecule has 0 unspecified atom stereocenters. The van der Waals surface area contributed by atoms with E-state index < -0.39 is 0 Å². The summed E-state index contributed by atoms with van der Waals surface area (Å²) in [5, 5.41) is 0. The van der Waals surface area contributed by atoms with Crippen LogP contribution in [0, 0.1) is 5.82 Å². The Morgan fingerprint density at radius 3 is 3.00 bits per heavy atom. The maximum absolute atomic E-state index is 13.5. The minimum Gasteiger partial charge on any atom is -0.494 e. The standard InChI is InChI=1S/C18H22FN3O2/c1-3-4-17-20-15-7-8-22(11-13(15)18(23)21-17)10-12-5-6-14(19)16(9-12)24-2/h5-6,9H,3-4,7-8,10-11H2,1-2H3,(H,20,21,23). The Bertz CT molecular complexity index is 788. The van der Waals surface area contributed by atoms with E-state index in [2.05, 4.69) is 21.8 Å². The number of methoxy groups -OCH3 is 1. The van der Waals surface area contributed by atoms with Gasteiger partial charge in [0, 0.05) is 32.5 Å². The highest BCUT2D eigenvalue weighted by Crippen LogP contribution is 2.21. The molecule has 0 fully saturated rings. The number of halogens is 1. The van der Waals surface area contributed by atoms with E-state index in [0.29, 0.717) is 13.1 Å². The summed E-state index contributed by atoms with van der Waals surface area (Å²) in [7, 11) is 1.46. The van der Waals surface area contributed by atoms with E-state index in [1.165, 1.54) is 13.2 Å². The van der Waals surface area contributed by atoms with Gasteiger partial charge in [-0.3, -0.25) is 9.69 Å². The molecular formula is C18H22FN3O2. The van der Waals surface area contributed by atoms with E-state index in [1.54, 1.807) is 12.1 Å². The highest BCUT2D eigenvalue weighted by molar-refractivity contribution is 5.30. The summed E-state index contributed by atoms with van der Waals surface area (Å²) < 4.78 is 18.5. The monoisotopic (exact) mass is 331 g/mol. The molecule has 0 aliphatic carbocycles. The lowest BCUT2D eigenvalue weighted by molar-refractivity contribution is 0.241. The Kier molecular flexibility index (Phi) is 4.94. The van der Waals surface area contributed by atoms with Crippen LogP contribution in [0.2, 0.25) is 0 Å². The van der Waals surface area contributed by atoms with E-state index in [-0.39, 0.29) is 17.1 Å². The molecule has 1 aliphatic heterocycles. The second-order valence-corrected chi connectivity index (χ2v) is 6.12. The first kappa shape index (κ1) is 16.6. The zero-order chi connectivity index (χ0) is 17.1. The van der Waals surface area contributed by atoms with E-state index >= 15 is 0 Å². The average Bonchev–Trinajstić information content (AvgIpc) is 2.57. The maximum atomic E-state index is 13.5. The van der Waals surface area contributed by atoms with E-state index in [4.69, 9.17) is 4.74 Å². The number of nitrogens with one attached hydrogen (secondary N) is 1. The van der Waals surface area contributed by atoms with E-state index in [1.807, 2.05) is 0 Å². The summed E-state index contributed by atoms with van der Waals surface area (Å²) in [6.07, 6.45) is 2.51. The number of fused-ring (bicyclic) bond motifs is 1. The fourth-order valence-electron chi connectivity index (χ4n) is 3.08. The normalized spacial score (nSPS) is 14.5. The van der Waals surface area contributed by atoms with E-state index in [9.17, 15) is 9.18 Å². The lowest BCUT2D eigenvalue weighted by Gasteiger charge is -2.27. The highest BCUT2D eigenvalue weighted by atomic mass is 19.1. The summed E-state index contributed by atoms with van der Waals surface area (Å²) in [6, 6.07) is 4.87. The van der Waals surface area contributed by atoms with Gasteiger partial charge in [0.15, 0.2) is 11.6 Å². The van der Waals surface area contributed by atoms with Gasteiger partial charge in [-0.15, -0.1) is 0 Å². The smallest absolute Gasteiger partial charge is 0.255 e. The molecule has 6 heteroatoms. The SMILES string of the molecule is CCCc1nc2c(c(=O)[nH]1)CN(Cc1ccc(F)c(OC)c1)CC2. The Morgan fingerprint density at radius 2 is 2.25 bits per heavy atom. The molecule has 128 valence electrons. The van der Waals surface area contributed by atoms with Crippen LogP contribution in [0.3, 0.4) is 0 Å². The molecule has 0 saturated heterocycles. The van der Waals surface area contributed by atoms with Crippen molar-refractivity contribution in [2.45, 2.75) is 39.3 Å². The van der Waals surface area contributed by atoms with Crippen molar-refractivity contribution < 1.29 is 9.13 Å². The molecule has 24 heavy (non-hydrogen) atoms. The minimum atomic E-state index is -0.366. The van der Waals surface area contributed by atoms with Gasteiger partial charge < -0.3 is 9.72 Å². The van der Waals surface area contributed by atoms with Crippen LogP contribution >= 0.6 is 0 Å². The molecule has 3 rings (SSSR count). The Morgan fingerprint density at radius 1 is 1.42 bits per heavy atom. The molecule has 1 aromatic carbocycles. The fraction of sp³-hybridized carbons (Fsp3) is 0.444. The van der Waals surface area contributed by atoms with Gasteiger partial charge in [0.25, 0.3) is 5.56 Å². The first-order chi connectivity index (χ1) is 11.6. The predicted molar refractivity (Wildman–Crippen MR) is 89.6 cm³/mol. The number of ether oxygens (including phenoxy) is 1. The third-order valence-corrected chi connectivity index (χ3v) is 4.31. The Balaban J connectivity index is 1.77. The van der Waals surface area contributed by atoms with Crippen molar-refractivity contribution in [3.63, 3.8) is 0 Å². The lowest BCUT2D eigenvalue weighted by atomic mass is 10.1. The van der Waals surface area contributed by atoms with Crippen LogP contribution in [0.25, 0.3) is 0 Å². The zero-order valence-electron chi connectivity index (χ0n) is 14.1. The Labute approximate surface area is 140 Å². The molecule has 0 atom stereocenters. The van der Waals surface area contributed by atoms with E-state index in [0.717, 1.165) is 48.5 Å². The molecule has 2 heterocycles. The molecule has 2 aromatic rings. The number of hydrogen-bond donors (Lipinski definition) is 1. The number of nitrogens with zero attached hydrogens (tertiary/aromatic N) is 2. The number of hydrogen-bond acceptors (Lipinski definition) is 4. The molecule has 0 spiro atoms. The average molecular weight is 331 g/mol. The summed E-state index contributed by atoms with van der Waals surface area (Å²) in [5.41, 5.74) is 2.58. The highest BCUT2D eigenvalue weighted by Gasteiger charge is 2.21. The summed E-state index contributed by atoms with van der Waals surface area (Å²) in [4.78, 5) is 22.0. The molecule has 0 amide bonds. The predicted octanol–water partition coefficient (Wildman–Crippen LogP) is 2.43. The van der Waals surface area contributed by atoms with Crippen molar-refractivity contribution >= 4 is 0 Å². The number of H-pyrrole nitrogens is 1. The van der Waals surface area contributed by atoms with Crippen molar-refractivity contribution in [1.82, 2.24) is 14.9 Å². The molecule has 1 aliphatic rings. The maximum Gasteiger partial charge on any atom is 0.255 e. The second-order valence-electron chi connectivity index (χ2n) is 6.12. The van der Waals surface area contributed by atoms with Gasteiger partial charge in [-0.1, -0.05) is 13.0 Å². The summed E-state index contributed by atoms with van der Waals surface area (Å²) in [6.45, 7) is 4.10. The van der Waals surface area contributed by atoms with Crippen molar-refractivity contribution in [3.8, 4) is 5.75 Å². The van der Waals surface area contributed by atoms with Gasteiger partial charge in [-0.25, -0.2) is 9.37 Å². The van der Waals surface area contributed by atoms with Gasteiger partial charge in [0.05, 0.1) is 18.4 Å². The number of benzene rings is 1. The zero-order valence-corrected chi connectivity index (χ0v) is 14.1. The van der Waals surface area contributed by atoms with Crippen LogP contribution in [-0.4, -0.2) is 28.5 Å². The minimum absolute atomic E-state index is 0.0372. The molecule has 1 aromatic heterocycles. The number of rotatable bonds is 5.